The van der Waals surface area contributed by atoms with Crippen LogP contribution in [0.5, 0.6) is 0 Å². The molecule has 0 radical (unpaired) electrons. The molecule has 15 heavy (non-hydrogen) atoms. The van der Waals surface area contributed by atoms with E-state index in [1.165, 1.54) is 6.26 Å². The van der Waals surface area contributed by atoms with Gasteiger partial charge < -0.3 is 15.5 Å². The minimum absolute atomic E-state index is 0.0163. The van der Waals surface area contributed by atoms with Gasteiger partial charge in [0.2, 0.25) is 0 Å². The second-order valence-corrected chi connectivity index (χ2v) is 4.01. The van der Waals surface area contributed by atoms with Crippen LogP contribution in [0.25, 0.3) is 0 Å². The molecule has 1 amide bonds. The summed E-state index contributed by atoms with van der Waals surface area (Å²) in [5.41, 5.74) is 5.58. The molecular weight excluding hydrogens is 192 g/mol. The summed E-state index contributed by atoms with van der Waals surface area (Å²) in [6.07, 6.45) is 2.36. The van der Waals surface area contributed by atoms with E-state index in [9.17, 15) is 4.79 Å². The first kappa shape index (κ1) is 11.8. The third-order valence-electron chi connectivity index (χ3n) is 2.12. The number of hydrogen-bond donors (Lipinski definition) is 2. The number of hydrogen-bond acceptors (Lipinski definition) is 3. The van der Waals surface area contributed by atoms with Crippen molar-refractivity contribution in [2.45, 2.75) is 26.3 Å². The molecule has 0 aliphatic rings. The summed E-state index contributed by atoms with van der Waals surface area (Å²) in [6, 6.07) is 3.34. The molecule has 1 aromatic rings. The molecule has 84 valence electrons. The lowest BCUT2D eigenvalue weighted by Crippen LogP contribution is -2.40. The Hall–Kier alpha value is -1.29. The van der Waals surface area contributed by atoms with Crippen molar-refractivity contribution in [3.05, 3.63) is 24.2 Å². The monoisotopic (exact) mass is 210 g/mol. The molecule has 4 nitrogen and oxygen atoms in total. The van der Waals surface area contributed by atoms with Crippen LogP contribution in [0.2, 0.25) is 0 Å². The third-order valence-corrected chi connectivity index (χ3v) is 2.12. The van der Waals surface area contributed by atoms with Gasteiger partial charge in [-0.3, -0.25) is 4.79 Å². The lowest BCUT2D eigenvalue weighted by Gasteiger charge is -2.17. The molecular formula is C11H18N2O2. The second kappa shape index (κ2) is 5.56. The fourth-order valence-corrected chi connectivity index (χ4v) is 1.45. The predicted octanol–water partition coefficient (Wildman–Crippen LogP) is 1.38. The molecule has 0 saturated carbocycles. The quantitative estimate of drug-likeness (QED) is 0.771. The number of carbonyl (C=O) groups excluding carboxylic acids is 1. The maximum Gasteiger partial charge on any atom is 0.287 e. The maximum atomic E-state index is 11.6. The van der Waals surface area contributed by atoms with E-state index in [1.807, 2.05) is 0 Å². The van der Waals surface area contributed by atoms with Crippen LogP contribution in [0.4, 0.5) is 0 Å². The molecule has 1 atom stereocenters. The number of nitrogens with one attached hydrogen (secondary N) is 1. The van der Waals surface area contributed by atoms with Gasteiger partial charge in [-0.15, -0.1) is 0 Å². The van der Waals surface area contributed by atoms with Crippen molar-refractivity contribution in [2.24, 2.45) is 11.7 Å². The van der Waals surface area contributed by atoms with Crippen LogP contribution in [0.15, 0.2) is 22.8 Å². The average molecular weight is 210 g/mol. The van der Waals surface area contributed by atoms with Crippen LogP contribution in [-0.4, -0.2) is 18.5 Å². The Morgan fingerprint density at radius 1 is 1.60 bits per heavy atom. The molecule has 0 fully saturated rings. The highest BCUT2D eigenvalue weighted by Crippen LogP contribution is 2.05. The van der Waals surface area contributed by atoms with Crippen molar-refractivity contribution in [1.82, 2.24) is 5.32 Å². The van der Waals surface area contributed by atoms with Gasteiger partial charge in [0.15, 0.2) is 5.76 Å². The summed E-state index contributed by atoms with van der Waals surface area (Å²) in [4.78, 5) is 11.6. The predicted molar refractivity (Wildman–Crippen MR) is 58.5 cm³/mol. The summed E-state index contributed by atoms with van der Waals surface area (Å²) in [7, 11) is 0. The largest absolute Gasteiger partial charge is 0.459 e. The zero-order valence-corrected chi connectivity index (χ0v) is 9.19. The fraction of sp³-hybridized carbons (Fsp3) is 0.545. The molecule has 0 bridgehead atoms. The van der Waals surface area contributed by atoms with Crippen molar-refractivity contribution in [3.8, 4) is 0 Å². The summed E-state index contributed by atoms with van der Waals surface area (Å²) < 4.78 is 4.99. The van der Waals surface area contributed by atoms with Gasteiger partial charge >= 0.3 is 0 Å². The minimum Gasteiger partial charge on any atom is -0.459 e. The summed E-state index contributed by atoms with van der Waals surface area (Å²) in [5.74, 6) is 0.642. The standard InChI is InChI=1S/C11H18N2O2/c1-8(2)6-9(7-12)13-11(14)10-4-3-5-15-10/h3-5,8-9H,6-7,12H2,1-2H3,(H,13,14). The first-order valence-electron chi connectivity index (χ1n) is 5.18. The van der Waals surface area contributed by atoms with Crippen molar-refractivity contribution >= 4 is 5.91 Å². The molecule has 3 N–H and O–H groups in total. The number of carbonyl (C=O) groups is 1. The zero-order valence-electron chi connectivity index (χ0n) is 9.19. The molecule has 0 aromatic carbocycles. The molecule has 0 spiro atoms. The van der Waals surface area contributed by atoms with Gasteiger partial charge in [0.25, 0.3) is 5.91 Å². The van der Waals surface area contributed by atoms with E-state index in [-0.39, 0.29) is 11.9 Å². The Morgan fingerprint density at radius 2 is 2.33 bits per heavy atom. The minimum atomic E-state index is -0.198. The van der Waals surface area contributed by atoms with Crippen LogP contribution < -0.4 is 11.1 Å². The van der Waals surface area contributed by atoms with E-state index >= 15 is 0 Å². The van der Waals surface area contributed by atoms with Crippen LogP contribution in [0.1, 0.15) is 30.8 Å². The fourth-order valence-electron chi connectivity index (χ4n) is 1.45. The lowest BCUT2D eigenvalue weighted by atomic mass is 10.0. The first-order valence-corrected chi connectivity index (χ1v) is 5.18. The summed E-state index contributed by atoms with van der Waals surface area (Å²) >= 11 is 0. The second-order valence-electron chi connectivity index (χ2n) is 4.01. The van der Waals surface area contributed by atoms with E-state index in [0.29, 0.717) is 18.2 Å². The molecule has 0 aliphatic carbocycles. The Kier molecular flexibility index (Phi) is 4.37. The van der Waals surface area contributed by atoms with Crippen LogP contribution >= 0.6 is 0 Å². The maximum absolute atomic E-state index is 11.6. The van der Waals surface area contributed by atoms with Crippen LogP contribution in [-0.2, 0) is 0 Å². The Morgan fingerprint density at radius 3 is 2.80 bits per heavy atom. The number of nitrogens with two attached hydrogens (primary N) is 1. The van der Waals surface area contributed by atoms with E-state index in [2.05, 4.69) is 19.2 Å². The summed E-state index contributed by atoms with van der Waals surface area (Å²) in [6.45, 7) is 4.65. The SMILES string of the molecule is CC(C)CC(CN)NC(=O)c1ccco1. The van der Waals surface area contributed by atoms with E-state index in [1.54, 1.807) is 12.1 Å². The topological polar surface area (TPSA) is 68.3 Å². The number of amides is 1. The molecule has 0 saturated heterocycles. The Balaban J connectivity index is 2.48. The van der Waals surface area contributed by atoms with Gasteiger partial charge in [-0.25, -0.2) is 0 Å². The van der Waals surface area contributed by atoms with E-state index in [0.717, 1.165) is 6.42 Å². The van der Waals surface area contributed by atoms with Crippen LogP contribution in [0, 0.1) is 5.92 Å². The first-order chi connectivity index (χ1) is 7.13. The molecule has 1 aromatic heterocycles. The highest BCUT2D eigenvalue weighted by molar-refractivity contribution is 5.91. The zero-order chi connectivity index (χ0) is 11.3. The number of furan rings is 1. The van der Waals surface area contributed by atoms with Gasteiger partial charge in [0.1, 0.15) is 0 Å². The normalized spacial score (nSPS) is 12.8. The van der Waals surface area contributed by atoms with Gasteiger partial charge in [-0.05, 0) is 24.5 Å². The third kappa shape index (κ3) is 3.75. The van der Waals surface area contributed by atoms with Crippen molar-refractivity contribution in [2.75, 3.05) is 6.54 Å². The van der Waals surface area contributed by atoms with Gasteiger partial charge in [0, 0.05) is 12.6 Å². The molecule has 1 unspecified atom stereocenters. The van der Waals surface area contributed by atoms with E-state index in [4.69, 9.17) is 10.2 Å². The Labute approximate surface area is 89.8 Å². The molecule has 0 aliphatic heterocycles. The van der Waals surface area contributed by atoms with Crippen molar-refractivity contribution in [3.63, 3.8) is 0 Å². The van der Waals surface area contributed by atoms with Crippen molar-refractivity contribution < 1.29 is 9.21 Å². The molecule has 1 rings (SSSR count). The highest BCUT2D eigenvalue weighted by Gasteiger charge is 2.15. The van der Waals surface area contributed by atoms with E-state index < -0.39 is 0 Å². The lowest BCUT2D eigenvalue weighted by molar-refractivity contribution is 0.0905. The van der Waals surface area contributed by atoms with Crippen molar-refractivity contribution in [1.29, 1.82) is 0 Å². The Bertz CT molecular complexity index is 294. The molecule has 4 heteroatoms. The summed E-state index contributed by atoms with van der Waals surface area (Å²) in [5, 5.41) is 2.84. The average Bonchev–Trinajstić information content (AvgIpc) is 2.68. The van der Waals surface area contributed by atoms with Gasteiger partial charge in [-0.2, -0.15) is 0 Å². The molecule has 1 heterocycles. The van der Waals surface area contributed by atoms with Gasteiger partial charge in [-0.1, -0.05) is 13.8 Å². The highest BCUT2D eigenvalue weighted by atomic mass is 16.3. The van der Waals surface area contributed by atoms with Gasteiger partial charge in [0.05, 0.1) is 6.26 Å². The van der Waals surface area contributed by atoms with Crippen LogP contribution in [0.3, 0.4) is 0 Å². The number of rotatable bonds is 5. The smallest absolute Gasteiger partial charge is 0.287 e.